The smallest absolute Gasteiger partial charge is 0.223 e. The zero-order valence-electron chi connectivity index (χ0n) is 9.28. The first-order valence-corrected chi connectivity index (χ1v) is 5.54. The molecule has 0 aromatic rings. The van der Waals surface area contributed by atoms with Crippen molar-refractivity contribution in [2.75, 3.05) is 7.05 Å². The molecule has 0 saturated heterocycles. The average molecular weight is 209 g/mol. The highest BCUT2D eigenvalue weighted by molar-refractivity contribution is 5.76. The lowest BCUT2D eigenvalue weighted by atomic mass is 9.91. The predicted octanol–water partition coefficient (Wildman–Crippen LogP) is 1.16. The van der Waals surface area contributed by atoms with E-state index >= 15 is 0 Å². The zero-order valence-corrected chi connectivity index (χ0v) is 9.28. The zero-order chi connectivity index (χ0) is 11.3. The van der Waals surface area contributed by atoms with E-state index in [0.717, 1.165) is 25.7 Å². The quantitative estimate of drug-likeness (QED) is 0.709. The number of terminal acetylenes is 1. The van der Waals surface area contributed by atoms with Gasteiger partial charge in [-0.15, -0.1) is 12.3 Å². The van der Waals surface area contributed by atoms with E-state index in [4.69, 9.17) is 6.42 Å². The van der Waals surface area contributed by atoms with Crippen LogP contribution in [0.15, 0.2) is 0 Å². The molecule has 1 rings (SSSR count). The van der Waals surface area contributed by atoms with E-state index < -0.39 is 0 Å². The maximum Gasteiger partial charge on any atom is 0.223 e. The molecule has 0 heterocycles. The minimum absolute atomic E-state index is 0.0102. The third kappa shape index (κ3) is 3.24. The summed E-state index contributed by atoms with van der Waals surface area (Å²) in [5.41, 5.74) is 0. The van der Waals surface area contributed by atoms with E-state index in [2.05, 4.69) is 5.92 Å². The maximum absolute atomic E-state index is 11.7. The summed E-state index contributed by atoms with van der Waals surface area (Å²) in [4.78, 5) is 13.3. The summed E-state index contributed by atoms with van der Waals surface area (Å²) in [6.07, 6.45) is 9.47. The molecular weight excluding hydrogens is 190 g/mol. The van der Waals surface area contributed by atoms with Gasteiger partial charge in [0.05, 0.1) is 12.1 Å². The van der Waals surface area contributed by atoms with Gasteiger partial charge in [-0.1, -0.05) is 12.8 Å². The van der Waals surface area contributed by atoms with Gasteiger partial charge in [0, 0.05) is 19.9 Å². The van der Waals surface area contributed by atoms with Gasteiger partial charge < -0.3 is 10.0 Å². The fourth-order valence-electron chi connectivity index (χ4n) is 2.08. The molecule has 0 radical (unpaired) electrons. The number of rotatable bonds is 3. The highest BCUT2D eigenvalue weighted by Crippen LogP contribution is 2.22. The van der Waals surface area contributed by atoms with Crippen molar-refractivity contribution < 1.29 is 9.90 Å². The Hall–Kier alpha value is -1.01. The van der Waals surface area contributed by atoms with Crippen molar-refractivity contribution in [1.82, 2.24) is 4.90 Å². The largest absolute Gasteiger partial charge is 0.391 e. The molecule has 1 aliphatic carbocycles. The maximum atomic E-state index is 11.7. The number of carbonyl (C=O) groups is 1. The Morgan fingerprint density at radius 1 is 1.53 bits per heavy atom. The van der Waals surface area contributed by atoms with Crippen LogP contribution < -0.4 is 0 Å². The predicted molar refractivity (Wildman–Crippen MR) is 59.1 cm³/mol. The van der Waals surface area contributed by atoms with Gasteiger partial charge in [-0.2, -0.15) is 0 Å². The second-order valence-corrected chi connectivity index (χ2v) is 4.13. The monoisotopic (exact) mass is 209 g/mol. The van der Waals surface area contributed by atoms with E-state index in [0.29, 0.717) is 12.8 Å². The lowest BCUT2D eigenvalue weighted by Crippen LogP contribution is -2.46. The summed E-state index contributed by atoms with van der Waals surface area (Å²) < 4.78 is 0. The van der Waals surface area contributed by atoms with Crippen molar-refractivity contribution in [2.45, 2.75) is 50.7 Å². The molecule has 0 aromatic carbocycles. The third-order valence-corrected chi connectivity index (χ3v) is 3.07. The molecule has 0 bridgehead atoms. The molecule has 0 aliphatic heterocycles. The number of hydrogen-bond donors (Lipinski definition) is 1. The van der Waals surface area contributed by atoms with E-state index in [1.54, 1.807) is 11.9 Å². The number of likely N-dealkylation sites (N-methyl/N-ethyl adjacent to an activating group) is 1. The number of carbonyl (C=O) groups excluding carboxylic acids is 1. The first kappa shape index (κ1) is 12.1. The van der Waals surface area contributed by atoms with Gasteiger partial charge in [-0.3, -0.25) is 4.79 Å². The molecule has 2 atom stereocenters. The Balaban J connectivity index is 2.47. The first-order valence-electron chi connectivity index (χ1n) is 5.54. The molecule has 84 valence electrons. The number of aliphatic hydroxyl groups excluding tert-OH is 1. The molecule has 0 aromatic heterocycles. The summed E-state index contributed by atoms with van der Waals surface area (Å²) in [6, 6.07) is -0.0102. The Kier molecular flexibility index (Phi) is 4.64. The van der Waals surface area contributed by atoms with Gasteiger partial charge in [0.2, 0.25) is 5.91 Å². The van der Waals surface area contributed by atoms with Gasteiger partial charge in [0.25, 0.3) is 0 Å². The summed E-state index contributed by atoms with van der Waals surface area (Å²) >= 11 is 0. The fraction of sp³-hybridized carbons (Fsp3) is 0.750. The molecule has 1 N–H and O–H groups in total. The van der Waals surface area contributed by atoms with E-state index in [9.17, 15) is 9.90 Å². The van der Waals surface area contributed by atoms with Crippen LogP contribution in [0.3, 0.4) is 0 Å². The highest BCUT2D eigenvalue weighted by Gasteiger charge is 2.28. The van der Waals surface area contributed by atoms with E-state index in [-0.39, 0.29) is 18.1 Å². The topological polar surface area (TPSA) is 40.5 Å². The van der Waals surface area contributed by atoms with Gasteiger partial charge >= 0.3 is 0 Å². The van der Waals surface area contributed by atoms with Gasteiger partial charge in [0.1, 0.15) is 0 Å². The van der Waals surface area contributed by atoms with Crippen LogP contribution in [0.25, 0.3) is 0 Å². The molecule has 15 heavy (non-hydrogen) atoms. The summed E-state index contributed by atoms with van der Waals surface area (Å²) in [6.45, 7) is 0. The molecule has 2 unspecified atom stereocenters. The van der Waals surface area contributed by atoms with Crippen molar-refractivity contribution in [3.63, 3.8) is 0 Å². The Morgan fingerprint density at radius 2 is 2.20 bits per heavy atom. The van der Waals surface area contributed by atoms with Crippen LogP contribution in [0.2, 0.25) is 0 Å². The molecule has 1 fully saturated rings. The van der Waals surface area contributed by atoms with Crippen LogP contribution in [0.4, 0.5) is 0 Å². The van der Waals surface area contributed by atoms with Gasteiger partial charge in [-0.25, -0.2) is 0 Å². The Bertz CT molecular complexity index is 257. The van der Waals surface area contributed by atoms with Crippen LogP contribution in [0, 0.1) is 12.3 Å². The minimum Gasteiger partial charge on any atom is -0.391 e. The lowest BCUT2D eigenvalue weighted by Gasteiger charge is -2.35. The molecule has 3 nitrogen and oxygen atoms in total. The molecule has 1 saturated carbocycles. The van der Waals surface area contributed by atoms with Crippen molar-refractivity contribution in [3.05, 3.63) is 0 Å². The van der Waals surface area contributed by atoms with E-state index in [1.165, 1.54) is 0 Å². The minimum atomic E-state index is -0.362. The third-order valence-electron chi connectivity index (χ3n) is 3.07. The second-order valence-electron chi connectivity index (χ2n) is 4.13. The average Bonchev–Trinajstić information content (AvgIpc) is 2.25. The van der Waals surface area contributed by atoms with Crippen molar-refractivity contribution >= 4 is 5.91 Å². The standard InChI is InChI=1S/C12H19NO2/c1-3-4-9-12(15)13(2)10-7-5-6-8-11(10)14/h1,10-11,14H,4-9H2,2H3. The van der Waals surface area contributed by atoms with Crippen molar-refractivity contribution in [3.8, 4) is 12.3 Å². The van der Waals surface area contributed by atoms with Crippen LogP contribution in [-0.4, -0.2) is 35.1 Å². The van der Waals surface area contributed by atoms with Crippen LogP contribution in [0.1, 0.15) is 38.5 Å². The first-order chi connectivity index (χ1) is 7.16. The number of hydrogen-bond acceptors (Lipinski definition) is 2. The molecular formula is C12H19NO2. The molecule has 0 spiro atoms. The van der Waals surface area contributed by atoms with Crippen molar-refractivity contribution in [1.29, 1.82) is 0 Å². The lowest BCUT2D eigenvalue weighted by molar-refractivity contribution is -0.135. The normalized spacial score (nSPS) is 25.7. The molecule has 1 amide bonds. The van der Waals surface area contributed by atoms with Gasteiger partial charge in [-0.05, 0) is 12.8 Å². The molecule has 1 aliphatic rings. The SMILES string of the molecule is C#CCCC(=O)N(C)C1CCCCC1O. The van der Waals surface area contributed by atoms with Gasteiger partial charge in [0.15, 0.2) is 0 Å². The van der Waals surface area contributed by atoms with Crippen LogP contribution in [-0.2, 0) is 4.79 Å². The highest BCUT2D eigenvalue weighted by atomic mass is 16.3. The van der Waals surface area contributed by atoms with Crippen molar-refractivity contribution in [2.24, 2.45) is 0 Å². The second kappa shape index (κ2) is 5.77. The number of amides is 1. The summed E-state index contributed by atoms with van der Waals surface area (Å²) in [5, 5.41) is 9.78. The summed E-state index contributed by atoms with van der Waals surface area (Å²) in [5.74, 6) is 2.50. The van der Waals surface area contributed by atoms with E-state index in [1.807, 2.05) is 0 Å². The number of nitrogens with zero attached hydrogens (tertiary/aromatic N) is 1. The Morgan fingerprint density at radius 3 is 2.80 bits per heavy atom. The van der Waals surface area contributed by atoms with Crippen LogP contribution >= 0.6 is 0 Å². The van der Waals surface area contributed by atoms with Crippen LogP contribution in [0.5, 0.6) is 0 Å². The molecule has 3 heteroatoms. The number of aliphatic hydroxyl groups is 1. The fourth-order valence-corrected chi connectivity index (χ4v) is 2.08. The summed E-state index contributed by atoms with van der Waals surface area (Å²) in [7, 11) is 1.76. The Labute approximate surface area is 91.5 Å².